The molecule has 6 fully saturated rings. The molecule has 37 heavy (non-hydrogen) atoms. The molecule has 7 nitrogen and oxygen atoms in total. The van der Waals surface area contributed by atoms with Crippen LogP contribution < -0.4 is 5.32 Å². The summed E-state index contributed by atoms with van der Waals surface area (Å²) in [5.74, 6) is 0.727. The van der Waals surface area contributed by atoms with E-state index < -0.39 is 23.7 Å². The van der Waals surface area contributed by atoms with Crippen molar-refractivity contribution in [3.63, 3.8) is 0 Å². The molecule has 6 aliphatic rings. The van der Waals surface area contributed by atoms with Crippen molar-refractivity contribution >= 4 is 17.8 Å². The Balaban J connectivity index is 1.33. The quantitative estimate of drug-likeness (QED) is 0.585. The van der Waals surface area contributed by atoms with Crippen molar-refractivity contribution in [1.29, 1.82) is 0 Å². The highest BCUT2D eigenvalue weighted by atomic mass is 16.6. The number of rotatable bonds is 4. The molecule has 0 aromatic carbocycles. The van der Waals surface area contributed by atoms with Crippen molar-refractivity contribution in [1.82, 2.24) is 10.2 Å². The average molecular weight is 515 g/mol. The Labute approximate surface area is 221 Å². The minimum atomic E-state index is -0.658. The number of amides is 2. The van der Waals surface area contributed by atoms with Crippen LogP contribution in [0.25, 0.3) is 0 Å². The molecule has 0 aromatic rings. The second kappa shape index (κ2) is 8.27. The van der Waals surface area contributed by atoms with Gasteiger partial charge in [0.05, 0.1) is 12.0 Å². The summed E-state index contributed by atoms with van der Waals surface area (Å²) in [6.07, 6.45) is 4.79. The van der Waals surface area contributed by atoms with Gasteiger partial charge in [-0.25, -0.2) is 4.79 Å². The first-order chi connectivity index (χ1) is 17.4. The second-order valence-electron chi connectivity index (χ2n) is 14.5. The number of piperidine rings is 1. The number of carbonyl (C=O) groups is 3. The van der Waals surface area contributed by atoms with Crippen molar-refractivity contribution in [3.05, 3.63) is 0 Å². The molecule has 7 heteroatoms. The van der Waals surface area contributed by atoms with Gasteiger partial charge in [0.25, 0.3) is 0 Å². The van der Waals surface area contributed by atoms with Gasteiger partial charge in [0.15, 0.2) is 0 Å². The van der Waals surface area contributed by atoms with E-state index in [0.29, 0.717) is 24.5 Å². The maximum atomic E-state index is 13.4. The number of nitrogens with zero attached hydrogens (tertiary/aromatic N) is 1. The normalized spacial score (nSPS) is 53.6. The van der Waals surface area contributed by atoms with Crippen LogP contribution in [0.1, 0.15) is 86.0 Å². The van der Waals surface area contributed by atoms with E-state index in [9.17, 15) is 19.5 Å². The number of hydrogen-bond acceptors (Lipinski definition) is 6. The summed E-state index contributed by atoms with van der Waals surface area (Å²) >= 11 is 0. The Morgan fingerprint density at radius 3 is 2.59 bits per heavy atom. The third kappa shape index (κ3) is 3.28. The molecule has 12 atom stereocenters. The van der Waals surface area contributed by atoms with Gasteiger partial charge >= 0.3 is 6.09 Å². The first kappa shape index (κ1) is 25.8. The van der Waals surface area contributed by atoms with Gasteiger partial charge in [-0.15, -0.1) is 0 Å². The van der Waals surface area contributed by atoms with E-state index >= 15 is 0 Å². The molecule has 2 amide bonds. The van der Waals surface area contributed by atoms with Crippen LogP contribution in [0.5, 0.6) is 0 Å². The summed E-state index contributed by atoms with van der Waals surface area (Å²) in [6.45, 7) is 13.7. The minimum Gasteiger partial charge on any atom is -0.445 e. The molecule has 2 saturated heterocycles. The summed E-state index contributed by atoms with van der Waals surface area (Å²) in [5.41, 5.74) is -1.24. The smallest absolute Gasteiger partial charge is 0.414 e. The fraction of sp³-hybridized carbons (Fsp3) is 0.900. The van der Waals surface area contributed by atoms with Gasteiger partial charge in [0.1, 0.15) is 11.9 Å². The summed E-state index contributed by atoms with van der Waals surface area (Å²) in [6, 6.07) is 0. The van der Waals surface area contributed by atoms with E-state index in [1.165, 1.54) is 0 Å². The second-order valence-corrected chi connectivity index (χ2v) is 14.5. The maximum Gasteiger partial charge on any atom is 0.414 e. The van der Waals surface area contributed by atoms with E-state index in [1.54, 1.807) is 0 Å². The van der Waals surface area contributed by atoms with Crippen LogP contribution >= 0.6 is 0 Å². The average Bonchev–Trinajstić information content (AvgIpc) is 3.51. The summed E-state index contributed by atoms with van der Waals surface area (Å²) in [5, 5.41) is 14.5. The van der Waals surface area contributed by atoms with E-state index in [2.05, 4.69) is 44.8 Å². The number of alkyl carbamates (subject to hydrolysis) is 1. The molecule has 4 aliphatic carbocycles. The Morgan fingerprint density at radius 2 is 1.95 bits per heavy atom. The van der Waals surface area contributed by atoms with Crippen LogP contribution in [-0.4, -0.2) is 59.6 Å². The Morgan fingerprint density at radius 1 is 1.19 bits per heavy atom. The van der Waals surface area contributed by atoms with Gasteiger partial charge in [-0.3, -0.25) is 14.9 Å². The number of ketones is 1. The third-order valence-electron chi connectivity index (χ3n) is 12.9. The topological polar surface area (TPSA) is 95.9 Å². The van der Waals surface area contributed by atoms with Gasteiger partial charge in [-0.05, 0) is 79.6 Å². The number of fused-ring (bicyclic) bond motifs is 2. The molecule has 2 heterocycles. The number of ether oxygens (including phenoxy) is 1. The largest absolute Gasteiger partial charge is 0.445 e. The molecule has 3 unspecified atom stereocenters. The molecule has 2 N–H and O–H groups in total. The summed E-state index contributed by atoms with van der Waals surface area (Å²) in [4.78, 5) is 42.1. The molecule has 0 radical (unpaired) electrons. The van der Waals surface area contributed by atoms with Crippen LogP contribution in [0.15, 0.2) is 0 Å². The predicted molar refractivity (Wildman–Crippen MR) is 138 cm³/mol. The van der Waals surface area contributed by atoms with Crippen LogP contribution in [-0.2, 0) is 14.3 Å². The first-order valence-electron chi connectivity index (χ1n) is 14.9. The Hall–Kier alpha value is -1.47. The van der Waals surface area contributed by atoms with Crippen molar-refractivity contribution in [2.24, 2.45) is 51.2 Å². The lowest BCUT2D eigenvalue weighted by Gasteiger charge is -2.72. The summed E-state index contributed by atoms with van der Waals surface area (Å²) in [7, 11) is 0. The molecule has 4 saturated carbocycles. The lowest BCUT2D eigenvalue weighted by atomic mass is 9.32. The lowest BCUT2D eigenvalue weighted by molar-refractivity contribution is -0.259. The SMILES string of the molecule is CCC[C@]1(C)C[C@@H](OC(=O)NC(=O)[C@H]2CN3CC[C@@H]2C3)[C@]2(C)[C@H](C)CC34CC(CCC3=O)([C@@H](C)[C@@H]1O)[C@H]42. The van der Waals surface area contributed by atoms with Gasteiger partial charge in [0, 0.05) is 30.3 Å². The van der Waals surface area contributed by atoms with Crippen molar-refractivity contribution in [2.45, 2.75) is 98.2 Å². The van der Waals surface area contributed by atoms with Crippen molar-refractivity contribution < 1.29 is 24.2 Å². The molecular formula is C30H46N2O5. The fourth-order valence-electron chi connectivity index (χ4n) is 11.1. The zero-order valence-corrected chi connectivity index (χ0v) is 23.3. The minimum absolute atomic E-state index is 0.0871. The van der Waals surface area contributed by atoms with Gasteiger partial charge in [-0.2, -0.15) is 0 Å². The molecular weight excluding hydrogens is 468 g/mol. The monoisotopic (exact) mass is 514 g/mol. The summed E-state index contributed by atoms with van der Waals surface area (Å²) < 4.78 is 6.31. The molecule has 2 aliphatic heterocycles. The number of Topliss-reactive ketones (excluding diaryl/α,β-unsaturated/α-hetero) is 1. The van der Waals surface area contributed by atoms with Crippen molar-refractivity contribution in [2.75, 3.05) is 19.6 Å². The highest BCUT2D eigenvalue weighted by molar-refractivity contribution is 5.93. The number of nitrogens with one attached hydrogen (secondary N) is 1. The van der Waals surface area contributed by atoms with Crippen LogP contribution in [0.4, 0.5) is 4.79 Å². The zero-order chi connectivity index (χ0) is 26.5. The predicted octanol–water partition coefficient (Wildman–Crippen LogP) is 4.17. The molecule has 4 bridgehead atoms. The highest BCUT2D eigenvalue weighted by Crippen LogP contribution is 2.82. The van der Waals surface area contributed by atoms with Gasteiger partial charge in [0.2, 0.25) is 5.91 Å². The third-order valence-corrected chi connectivity index (χ3v) is 12.9. The molecule has 2 spiro atoms. The van der Waals surface area contributed by atoms with Crippen LogP contribution in [0.3, 0.4) is 0 Å². The van der Waals surface area contributed by atoms with E-state index in [0.717, 1.165) is 58.2 Å². The van der Waals surface area contributed by atoms with E-state index in [1.807, 2.05) is 0 Å². The fourth-order valence-corrected chi connectivity index (χ4v) is 11.1. The number of aliphatic hydroxyl groups is 1. The number of aliphatic hydroxyl groups excluding tert-OH is 1. The standard InChI is InChI=1S/C30H46N2O5/c1-6-9-27(4)13-22(37-26(36)31-24(35)20-15-32-11-8-19(20)14-32)28(5)17(2)12-30-16-29(25(28)30,10-7-21(30)33)18(3)23(27)34/h17-20,22-23,25,34H,6-16H2,1-5H3,(H,31,35,36)/t17-,18+,19-,20+,22-,23+,25-,27-,28+,29?,30?/m1/s1. The highest BCUT2D eigenvalue weighted by Gasteiger charge is 2.81. The Kier molecular flexibility index (Phi) is 5.76. The lowest BCUT2D eigenvalue weighted by Crippen LogP contribution is -2.72. The molecule has 0 aromatic heterocycles. The molecule has 6 rings (SSSR count). The number of hydrogen-bond donors (Lipinski definition) is 2. The van der Waals surface area contributed by atoms with E-state index in [4.69, 9.17) is 4.74 Å². The molecule has 206 valence electrons. The van der Waals surface area contributed by atoms with Crippen molar-refractivity contribution in [3.8, 4) is 0 Å². The number of carbonyl (C=O) groups excluding carboxylic acids is 3. The maximum absolute atomic E-state index is 13.4. The van der Waals surface area contributed by atoms with E-state index in [-0.39, 0.29) is 45.8 Å². The van der Waals surface area contributed by atoms with Gasteiger partial charge in [-0.1, -0.05) is 41.0 Å². The van der Waals surface area contributed by atoms with Gasteiger partial charge < -0.3 is 14.7 Å². The number of imide groups is 1. The van der Waals surface area contributed by atoms with Crippen LogP contribution in [0.2, 0.25) is 0 Å². The zero-order valence-electron chi connectivity index (χ0n) is 23.3. The Bertz CT molecular complexity index is 1020. The first-order valence-corrected chi connectivity index (χ1v) is 14.9. The van der Waals surface area contributed by atoms with Crippen LogP contribution in [0, 0.1) is 51.2 Å².